The Morgan fingerprint density at radius 2 is 2.19 bits per heavy atom. The van der Waals surface area contributed by atoms with Crippen LogP contribution < -0.4 is 0 Å². The molecular formula is C18H27NO2. The van der Waals surface area contributed by atoms with Crippen molar-refractivity contribution in [1.29, 1.82) is 0 Å². The third-order valence-electron chi connectivity index (χ3n) is 7.07. The van der Waals surface area contributed by atoms with E-state index in [2.05, 4.69) is 38.9 Å². The van der Waals surface area contributed by atoms with Gasteiger partial charge in [0.05, 0.1) is 5.92 Å². The molecule has 0 radical (unpaired) electrons. The molecule has 1 saturated heterocycles. The van der Waals surface area contributed by atoms with Crippen molar-refractivity contribution in [2.24, 2.45) is 28.6 Å². The number of carbonyl (C=O) groups excluding carboxylic acids is 1. The number of rotatable bonds is 2. The molecule has 1 spiro atoms. The average Bonchev–Trinajstić information content (AvgIpc) is 2.71. The van der Waals surface area contributed by atoms with Crippen LogP contribution in [0.5, 0.6) is 0 Å². The molecule has 4 rings (SSSR count). The van der Waals surface area contributed by atoms with E-state index in [-0.39, 0.29) is 18.0 Å². The summed E-state index contributed by atoms with van der Waals surface area (Å²) in [5.74, 6) is 1.05. The van der Waals surface area contributed by atoms with Crippen LogP contribution in [0.25, 0.3) is 0 Å². The molecule has 6 atom stereocenters. The molecule has 1 unspecified atom stereocenters. The maximum atomic E-state index is 12.4. The second-order valence-corrected chi connectivity index (χ2v) is 8.50. The maximum absolute atomic E-state index is 12.4. The molecular weight excluding hydrogens is 262 g/mol. The summed E-state index contributed by atoms with van der Waals surface area (Å²) in [4.78, 5) is 14.5. The largest absolute Gasteiger partial charge is 0.461 e. The van der Waals surface area contributed by atoms with Gasteiger partial charge >= 0.3 is 5.97 Å². The SMILES string of the molecule is CC1=CC[C@@]23C[C@]2(C)CC[C@H]2[C@H](CN(C)C)C(=O)O[C@@H]2C13. The minimum Gasteiger partial charge on any atom is -0.461 e. The van der Waals surface area contributed by atoms with E-state index in [4.69, 9.17) is 4.74 Å². The molecule has 3 heteroatoms. The van der Waals surface area contributed by atoms with E-state index in [1.54, 1.807) is 0 Å². The quantitative estimate of drug-likeness (QED) is 0.578. The zero-order valence-corrected chi connectivity index (χ0v) is 13.7. The number of ether oxygens (including phenoxy) is 1. The van der Waals surface area contributed by atoms with Gasteiger partial charge in [0, 0.05) is 18.4 Å². The predicted octanol–water partition coefficient (Wildman–Crippen LogP) is 2.86. The Kier molecular flexibility index (Phi) is 2.71. The van der Waals surface area contributed by atoms with E-state index >= 15 is 0 Å². The van der Waals surface area contributed by atoms with Crippen LogP contribution in [0, 0.1) is 28.6 Å². The molecule has 4 aliphatic rings. The number of hydrogen-bond donors (Lipinski definition) is 0. The van der Waals surface area contributed by atoms with Crippen molar-refractivity contribution in [3.8, 4) is 0 Å². The molecule has 2 saturated carbocycles. The van der Waals surface area contributed by atoms with Crippen LogP contribution in [0.2, 0.25) is 0 Å². The van der Waals surface area contributed by atoms with E-state index in [0.29, 0.717) is 22.7 Å². The maximum Gasteiger partial charge on any atom is 0.310 e. The minimum atomic E-state index is 0.0535. The Labute approximate surface area is 127 Å². The van der Waals surface area contributed by atoms with Gasteiger partial charge in [-0.15, -0.1) is 0 Å². The van der Waals surface area contributed by atoms with Crippen molar-refractivity contribution in [3.63, 3.8) is 0 Å². The predicted molar refractivity (Wildman–Crippen MR) is 81.7 cm³/mol. The Balaban J connectivity index is 1.69. The fourth-order valence-corrected chi connectivity index (χ4v) is 5.88. The average molecular weight is 289 g/mol. The van der Waals surface area contributed by atoms with Gasteiger partial charge in [0.15, 0.2) is 0 Å². The van der Waals surface area contributed by atoms with Crippen molar-refractivity contribution in [2.75, 3.05) is 20.6 Å². The molecule has 0 aromatic heterocycles. The van der Waals surface area contributed by atoms with Crippen LogP contribution in [-0.2, 0) is 9.53 Å². The molecule has 3 aliphatic carbocycles. The van der Waals surface area contributed by atoms with Crippen LogP contribution in [0.1, 0.15) is 39.5 Å². The fourth-order valence-electron chi connectivity index (χ4n) is 5.88. The van der Waals surface area contributed by atoms with Crippen molar-refractivity contribution >= 4 is 5.97 Å². The number of hydrogen-bond acceptors (Lipinski definition) is 3. The highest BCUT2D eigenvalue weighted by Crippen LogP contribution is 2.78. The van der Waals surface area contributed by atoms with Gasteiger partial charge in [-0.25, -0.2) is 0 Å². The summed E-state index contributed by atoms with van der Waals surface area (Å²) >= 11 is 0. The molecule has 0 amide bonds. The van der Waals surface area contributed by atoms with E-state index < -0.39 is 0 Å². The van der Waals surface area contributed by atoms with E-state index in [1.807, 2.05) is 0 Å². The highest BCUT2D eigenvalue weighted by Gasteiger charge is 2.73. The lowest BCUT2D eigenvalue weighted by molar-refractivity contribution is -0.146. The van der Waals surface area contributed by atoms with E-state index in [0.717, 1.165) is 13.0 Å². The van der Waals surface area contributed by atoms with Gasteiger partial charge in [0.25, 0.3) is 0 Å². The van der Waals surface area contributed by atoms with Gasteiger partial charge in [-0.3, -0.25) is 4.79 Å². The van der Waals surface area contributed by atoms with Crippen LogP contribution in [-0.4, -0.2) is 37.6 Å². The molecule has 1 aliphatic heterocycles. The third kappa shape index (κ3) is 1.67. The van der Waals surface area contributed by atoms with E-state index in [1.165, 1.54) is 24.8 Å². The lowest BCUT2D eigenvalue weighted by Crippen LogP contribution is -2.34. The third-order valence-corrected chi connectivity index (χ3v) is 7.07. The Morgan fingerprint density at radius 3 is 2.90 bits per heavy atom. The van der Waals surface area contributed by atoms with Crippen molar-refractivity contribution < 1.29 is 9.53 Å². The number of nitrogens with zero attached hydrogens (tertiary/aromatic N) is 1. The first-order valence-electron chi connectivity index (χ1n) is 8.40. The van der Waals surface area contributed by atoms with Crippen LogP contribution in [0.3, 0.4) is 0 Å². The van der Waals surface area contributed by atoms with Gasteiger partial charge in [0.2, 0.25) is 0 Å². The first-order valence-corrected chi connectivity index (χ1v) is 8.40. The second kappa shape index (κ2) is 4.13. The summed E-state index contributed by atoms with van der Waals surface area (Å²) in [6.45, 7) is 5.56. The summed E-state index contributed by atoms with van der Waals surface area (Å²) < 4.78 is 5.97. The van der Waals surface area contributed by atoms with Crippen molar-refractivity contribution in [2.45, 2.75) is 45.6 Å². The molecule has 0 aromatic carbocycles. The van der Waals surface area contributed by atoms with Gasteiger partial charge in [-0.05, 0) is 57.5 Å². The molecule has 0 N–H and O–H groups in total. The highest BCUT2D eigenvalue weighted by atomic mass is 16.6. The summed E-state index contributed by atoms with van der Waals surface area (Å²) in [6.07, 6.45) is 7.54. The molecule has 0 bridgehead atoms. The number of allylic oxidation sites excluding steroid dienone is 1. The Morgan fingerprint density at radius 1 is 1.43 bits per heavy atom. The lowest BCUT2D eigenvalue weighted by atomic mass is 9.76. The van der Waals surface area contributed by atoms with Gasteiger partial charge in [-0.1, -0.05) is 18.6 Å². The standard InChI is InChI=1S/C18H27NO2/c1-11-5-8-18-10-17(18,2)7-6-12-13(9-19(3)4)16(20)21-15(12)14(11)18/h5,12-15H,6-10H2,1-4H3/t12-,13-,14?,15-,17-,18-/m0/s1. The van der Waals surface area contributed by atoms with Crippen molar-refractivity contribution in [3.05, 3.63) is 11.6 Å². The Hall–Kier alpha value is -0.830. The second-order valence-electron chi connectivity index (χ2n) is 8.50. The van der Waals surface area contributed by atoms with Gasteiger partial charge < -0.3 is 9.64 Å². The topological polar surface area (TPSA) is 29.5 Å². The van der Waals surface area contributed by atoms with E-state index in [9.17, 15) is 4.79 Å². The summed E-state index contributed by atoms with van der Waals surface area (Å²) in [5, 5.41) is 0. The van der Waals surface area contributed by atoms with Gasteiger partial charge in [-0.2, -0.15) is 0 Å². The first kappa shape index (κ1) is 13.8. The molecule has 0 aromatic rings. The zero-order chi connectivity index (χ0) is 15.0. The van der Waals surface area contributed by atoms with Crippen molar-refractivity contribution in [1.82, 2.24) is 4.90 Å². The van der Waals surface area contributed by atoms with Gasteiger partial charge in [0.1, 0.15) is 6.10 Å². The van der Waals surface area contributed by atoms with Crippen LogP contribution in [0.4, 0.5) is 0 Å². The first-order chi connectivity index (χ1) is 9.88. The summed E-state index contributed by atoms with van der Waals surface area (Å²) in [5.41, 5.74) is 2.39. The number of esters is 1. The normalized spacial score (nSPS) is 50.9. The minimum absolute atomic E-state index is 0.0535. The molecule has 3 fully saturated rings. The highest BCUT2D eigenvalue weighted by molar-refractivity contribution is 5.76. The summed E-state index contributed by atoms with van der Waals surface area (Å²) in [7, 11) is 4.11. The summed E-state index contributed by atoms with van der Waals surface area (Å²) in [6, 6.07) is 0. The lowest BCUT2D eigenvalue weighted by Gasteiger charge is -2.30. The monoisotopic (exact) mass is 289 g/mol. The fraction of sp³-hybridized carbons (Fsp3) is 0.833. The molecule has 3 nitrogen and oxygen atoms in total. The number of fused-ring (bicyclic) bond motifs is 2. The zero-order valence-electron chi connectivity index (χ0n) is 13.7. The van der Waals surface area contributed by atoms with Crippen LogP contribution in [0.15, 0.2) is 11.6 Å². The van der Waals surface area contributed by atoms with Crippen LogP contribution >= 0.6 is 0 Å². The Bertz CT molecular complexity index is 525. The smallest absolute Gasteiger partial charge is 0.310 e. The molecule has 21 heavy (non-hydrogen) atoms. The molecule has 116 valence electrons. The molecule has 1 heterocycles. The number of carbonyl (C=O) groups is 1.